The number of halogens is 2. The van der Waals surface area contributed by atoms with E-state index in [9.17, 15) is 9.59 Å². The Morgan fingerprint density at radius 1 is 1.46 bits per heavy atom. The number of hydrogen-bond acceptors (Lipinski definition) is 5. The van der Waals surface area contributed by atoms with Crippen molar-refractivity contribution >= 4 is 40.8 Å². The van der Waals surface area contributed by atoms with Gasteiger partial charge in [-0.25, -0.2) is 0 Å². The molecule has 0 spiro atoms. The largest absolute Gasteiger partial charge is 0.469 e. The number of nitrogens with zero attached hydrogens (tertiary/aromatic N) is 1. The number of nitrogens with one attached hydrogen (secondary N) is 1. The summed E-state index contributed by atoms with van der Waals surface area (Å²) in [6.07, 6.45) is -0.113. The molecule has 0 radical (unpaired) electrons. The molecule has 0 bridgehead atoms. The normalized spacial score (nSPS) is 19.6. The van der Waals surface area contributed by atoms with E-state index < -0.39 is 6.04 Å². The minimum absolute atomic E-state index is 0.168. The third-order valence-corrected chi connectivity index (χ3v) is 4.75. The highest BCUT2D eigenvalue weighted by Crippen LogP contribution is 2.29. The van der Waals surface area contributed by atoms with Crippen molar-refractivity contribution < 1.29 is 19.1 Å². The highest BCUT2D eigenvalue weighted by Gasteiger charge is 2.29. The van der Waals surface area contributed by atoms with E-state index in [4.69, 9.17) is 27.9 Å². The first-order chi connectivity index (χ1) is 11.4. The summed E-state index contributed by atoms with van der Waals surface area (Å²) in [4.78, 5) is 25.8. The summed E-state index contributed by atoms with van der Waals surface area (Å²) in [5.74, 6) is -0.525. The van der Waals surface area contributed by atoms with Crippen molar-refractivity contribution in [3.63, 3.8) is 0 Å². The fraction of sp³-hybridized carbons (Fsp3) is 0.500. The van der Waals surface area contributed by atoms with Crippen LogP contribution in [-0.2, 0) is 19.1 Å². The predicted molar refractivity (Wildman–Crippen MR) is 92.5 cm³/mol. The van der Waals surface area contributed by atoms with E-state index in [1.807, 2.05) is 4.90 Å². The number of rotatable bonds is 5. The van der Waals surface area contributed by atoms with Crippen LogP contribution in [0.4, 0.5) is 5.69 Å². The Hall–Kier alpha value is -1.34. The second-order valence-electron chi connectivity index (χ2n) is 5.53. The molecule has 1 N–H and O–H groups in total. The number of carbonyl (C=O) groups is 2. The SMILES string of the molecule is COC(=O)C[C@@H]1CN([C@@H](C)C(=O)Nc2cccc(Cl)c2Cl)CCO1. The molecule has 6 nitrogen and oxygen atoms in total. The molecule has 8 heteroatoms. The summed E-state index contributed by atoms with van der Waals surface area (Å²) in [5, 5.41) is 3.48. The van der Waals surface area contributed by atoms with Crippen molar-refractivity contribution in [1.82, 2.24) is 4.90 Å². The van der Waals surface area contributed by atoms with Gasteiger partial charge in [0.2, 0.25) is 5.91 Å². The van der Waals surface area contributed by atoms with Gasteiger partial charge >= 0.3 is 5.97 Å². The van der Waals surface area contributed by atoms with Crippen LogP contribution in [0.2, 0.25) is 10.0 Å². The second kappa shape index (κ2) is 8.67. The van der Waals surface area contributed by atoms with Crippen molar-refractivity contribution in [3.05, 3.63) is 28.2 Å². The summed E-state index contributed by atoms with van der Waals surface area (Å²) >= 11 is 12.0. The first-order valence-electron chi connectivity index (χ1n) is 7.59. The van der Waals surface area contributed by atoms with E-state index in [-0.39, 0.29) is 24.4 Å². The fourth-order valence-corrected chi connectivity index (χ4v) is 2.84. The van der Waals surface area contributed by atoms with Gasteiger partial charge in [0.15, 0.2) is 0 Å². The molecule has 1 fully saturated rings. The average molecular weight is 375 g/mol. The molecule has 24 heavy (non-hydrogen) atoms. The minimum Gasteiger partial charge on any atom is -0.469 e. The molecule has 1 heterocycles. The van der Waals surface area contributed by atoms with Gasteiger partial charge in [-0.2, -0.15) is 0 Å². The van der Waals surface area contributed by atoms with Gasteiger partial charge in [-0.1, -0.05) is 29.3 Å². The van der Waals surface area contributed by atoms with E-state index in [2.05, 4.69) is 10.1 Å². The number of morpholine rings is 1. The lowest BCUT2D eigenvalue weighted by atomic mass is 10.1. The maximum Gasteiger partial charge on any atom is 0.308 e. The monoisotopic (exact) mass is 374 g/mol. The molecule has 0 unspecified atom stereocenters. The van der Waals surface area contributed by atoms with Gasteiger partial charge in [0.25, 0.3) is 0 Å². The van der Waals surface area contributed by atoms with Gasteiger partial charge in [0, 0.05) is 13.1 Å². The van der Waals surface area contributed by atoms with Gasteiger partial charge in [-0.3, -0.25) is 14.5 Å². The maximum atomic E-state index is 12.5. The van der Waals surface area contributed by atoms with Gasteiger partial charge < -0.3 is 14.8 Å². The number of amides is 1. The first-order valence-corrected chi connectivity index (χ1v) is 8.35. The molecule has 132 valence electrons. The topological polar surface area (TPSA) is 67.9 Å². The highest BCUT2D eigenvalue weighted by atomic mass is 35.5. The summed E-state index contributed by atoms with van der Waals surface area (Å²) in [5.41, 5.74) is 0.473. The average Bonchev–Trinajstić information content (AvgIpc) is 2.58. The number of esters is 1. The quantitative estimate of drug-likeness (QED) is 0.802. The molecule has 0 aromatic heterocycles. The fourth-order valence-electron chi connectivity index (χ4n) is 2.49. The Bertz CT molecular complexity index is 612. The van der Waals surface area contributed by atoms with Crippen LogP contribution in [0.15, 0.2) is 18.2 Å². The van der Waals surface area contributed by atoms with Crippen molar-refractivity contribution in [2.75, 3.05) is 32.1 Å². The zero-order valence-corrected chi connectivity index (χ0v) is 15.1. The van der Waals surface area contributed by atoms with Crippen molar-refractivity contribution in [2.45, 2.75) is 25.5 Å². The van der Waals surface area contributed by atoms with E-state index >= 15 is 0 Å². The van der Waals surface area contributed by atoms with Crippen LogP contribution in [-0.4, -0.2) is 55.7 Å². The smallest absolute Gasteiger partial charge is 0.308 e. The molecule has 1 amide bonds. The first kappa shape index (κ1) is 19.0. The maximum absolute atomic E-state index is 12.5. The molecule has 1 saturated heterocycles. The lowest BCUT2D eigenvalue weighted by Gasteiger charge is -2.35. The lowest BCUT2D eigenvalue weighted by Crippen LogP contribution is -2.51. The Labute approximate surface area is 151 Å². The number of methoxy groups -OCH3 is 1. The Morgan fingerprint density at radius 2 is 2.21 bits per heavy atom. The molecule has 2 atom stereocenters. The number of ether oxygens (including phenoxy) is 2. The van der Waals surface area contributed by atoms with Crippen LogP contribution >= 0.6 is 23.2 Å². The Morgan fingerprint density at radius 3 is 2.92 bits per heavy atom. The van der Waals surface area contributed by atoms with Crippen LogP contribution in [0.3, 0.4) is 0 Å². The van der Waals surface area contributed by atoms with Crippen molar-refractivity contribution in [1.29, 1.82) is 0 Å². The van der Waals surface area contributed by atoms with Crippen LogP contribution in [0.1, 0.15) is 13.3 Å². The summed E-state index contributed by atoms with van der Waals surface area (Å²) in [7, 11) is 1.34. The molecular formula is C16H20Cl2N2O4. The third-order valence-electron chi connectivity index (χ3n) is 3.93. The van der Waals surface area contributed by atoms with Crippen molar-refractivity contribution in [3.8, 4) is 0 Å². The Kier molecular flexibility index (Phi) is 6.86. The van der Waals surface area contributed by atoms with Gasteiger partial charge in [0.1, 0.15) is 0 Å². The van der Waals surface area contributed by atoms with E-state index in [0.29, 0.717) is 35.4 Å². The van der Waals surface area contributed by atoms with E-state index in [0.717, 1.165) is 0 Å². The van der Waals surface area contributed by atoms with E-state index in [1.54, 1.807) is 25.1 Å². The lowest BCUT2D eigenvalue weighted by molar-refractivity contribution is -0.146. The molecular weight excluding hydrogens is 355 g/mol. The van der Waals surface area contributed by atoms with Gasteiger partial charge in [-0.05, 0) is 19.1 Å². The molecule has 0 saturated carbocycles. The standard InChI is InChI=1S/C16H20Cl2N2O4/c1-10(16(22)19-13-5-3-4-12(17)15(13)18)20-6-7-24-11(9-20)8-14(21)23-2/h3-5,10-11H,6-9H2,1-2H3,(H,19,22)/t10-,11+/m0/s1. The van der Waals surface area contributed by atoms with E-state index in [1.165, 1.54) is 7.11 Å². The molecule has 1 aromatic rings. The van der Waals surface area contributed by atoms with Crippen LogP contribution in [0.5, 0.6) is 0 Å². The molecule has 2 rings (SSSR count). The number of anilines is 1. The predicted octanol–water partition coefficient (Wildman–Crippen LogP) is 2.58. The van der Waals surface area contributed by atoms with Crippen LogP contribution in [0.25, 0.3) is 0 Å². The van der Waals surface area contributed by atoms with Crippen LogP contribution in [0, 0.1) is 0 Å². The summed E-state index contributed by atoms with van der Waals surface area (Å²) in [6.45, 7) is 3.34. The van der Waals surface area contributed by atoms with Gasteiger partial charge in [-0.15, -0.1) is 0 Å². The molecule has 1 aliphatic heterocycles. The second-order valence-corrected chi connectivity index (χ2v) is 6.32. The number of carbonyl (C=O) groups excluding carboxylic acids is 2. The molecule has 1 aliphatic rings. The summed E-state index contributed by atoms with van der Waals surface area (Å²) < 4.78 is 10.2. The van der Waals surface area contributed by atoms with Gasteiger partial charge in [0.05, 0.1) is 48.0 Å². The molecule has 0 aliphatic carbocycles. The third kappa shape index (κ3) is 4.83. The number of benzene rings is 1. The molecule has 1 aromatic carbocycles. The van der Waals surface area contributed by atoms with Crippen molar-refractivity contribution in [2.24, 2.45) is 0 Å². The minimum atomic E-state index is -0.399. The summed E-state index contributed by atoms with van der Waals surface area (Å²) in [6, 6.07) is 4.67. The zero-order valence-electron chi connectivity index (χ0n) is 13.6. The Balaban J connectivity index is 1.97. The highest BCUT2D eigenvalue weighted by molar-refractivity contribution is 6.44. The zero-order chi connectivity index (χ0) is 17.7. The number of hydrogen-bond donors (Lipinski definition) is 1. The van der Waals surface area contributed by atoms with Crippen LogP contribution < -0.4 is 5.32 Å².